The van der Waals surface area contributed by atoms with Gasteiger partial charge in [0.25, 0.3) is 0 Å². The number of allylic oxidation sites excluding steroid dienone is 1. The van der Waals surface area contributed by atoms with Crippen molar-refractivity contribution in [3.05, 3.63) is 93.5 Å². The number of halogens is 3. The van der Waals surface area contributed by atoms with E-state index in [1.165, 1.54) is 47.7 Å². The average molecular weight is 607 g/mol. The van der Waals surface area contributed by atoms with Crippen molar-refractivity contribution in [1.82, 2.24) is 4.57 Å². The molecular formula is C25H18BrCl2NSZr. The van der Waals surface area contributed by atoms with Gasteiger partial charge in [0.2, 0.25) is 0 Å². The molecular weight excluding hydrogens is 588 g/mol. The van der Waals surface area contributed by atoms with Crippen LogP contribution in [0, 0.1) is 0 Å². The summed E-state index contributed by atoms with van der Waals surface area (Å²) in [6.07, 6.45) is 5.65. The van der Waals surface area contributed by atoms with Crippen LogP contribution in [0.25, 0.3) is 28.2 Å². The Balaban J connectivity index is 0.00000116. The Morgan fingerprint density at radius 3 is 2.68 bits per heavy atom. The quantitative estimate of drug-likeness (QED) is 0.286. The Bertz CT molecular complexity index is 1390. The molecule has 31 heavy (non-hydrogen) atoms. The van der Waals surface area contributed by atoms with Gasteiger partial charge >= 0.3 is 191 Å². The maximum absolute atomic E-state index is 6.35. The summed E-state index contributed by atoms with van der Waals surface area (Å²) in [5.74, 6) is 0. The molecule has 0 spiro atoms. The van der Waals surface area contributed by atoms with E-state index in [0.29, 0.717) is 3.63 Å². The van der Waals surface area contributed by atoms with E-state index in [-0.39, 0.29) is 24.8 Å². The molecule has 1 heterocycles. The van der Waals surface area contributed by atoms with E-state index >= 15 is 0 Å². The van der Waals surface area contributed by atoms with Crippen molar-refractivity contribution in [2.45, 2.75) is 10.0 Å². The van der Waals surface area contributed by atoms with Crippen LogP contribution in [0.3, 0.4) is 0 Å². The fourth-order valence-electron chi connectivity index (χ4n) is 5.09. The molecule has 0 bridgehead atoms. The Hall–Kier alpha value is -0.897. The summed E-state index contributed by atoms with van der Waals surface area (Å²) in [6.45, 7) is 0. The zero-order valence-electron chi connectivity index (χ0n) is 16.7. The summed E-state index contributed by atoms with van der Waals surface area (Å²) in [7, 11) is 8.58. The van der Waals surface area contributed by atoms with Crippen molar-refractivity contribution in [3.8, 4) is 11.3 Å². The van der Waals surface area contributed by atoms with Crippen LogP contribution in [0.5, 0.6) is 0 Å². The third-order valence-electron chi connectivity index (χ3n) is 6.35. The fourth-order valence-corrected chi connectivity index (χ4v) is 12.5. The predicted molar refractivity (Wildman–Crippen MR) is 124 cm³/mol. The van der Waals surface area contributed by atoms with E-state index in [0.717, 1.165) is 10.9 Å². The van der Waals surface area contributed by atoms with Crippen molar-refractivity contribution >= 4 is 45.0 Å². The van der Waals surface area contributed by atoms with Gasteiger partial charge in [-0.1, -0.05) is 0 Å². The normalized spacial score (nSPS) is 14.8. The van der Waals surface area contributed by atoms with Gasteiger partial charge in [-0.2, -0.15) is 0 Å². The van der Waals surface area contributed by atoms with Crippen molar-refractivity contribution in [2.75, 3.05) is 0 Å². The van der Waals surface area contributed by atoms with Crippen LogP contribution < -0.4 is 28.1 Å². The Kier molecular flexibility index (Phi) is 6.61. The van der Waals surface area contributed by atoms with Crippen LogP contribution in [0.1, 0.15) is 25.9 Å². The van der Waals surface area contributed by atoms with E-state index in [1.807, 2.05) is 0 Å². The fraction of sp³-hybridized carbons (Fsp3) is 0.120. The Labute approximate surface area is 214 Å². The van der Waals surface area contributed by atoms with Crippen molar-refractivity contribution < 1.29 is 44.5 Å². The van der Waals surface area contributed by atoms with Crippen LogP contribution in [0.4, 0.5) is 0 Å². The Morgan fingerprint density at radius 1 is 1.03 bits per heavy atom. The van der Waals surface area contributed by atoms with Crippen LogP contribution in [0.15, 0.2) is 71.2 Å². The van der Waals surface area contributed by atoms with E-state index < -0.39 is 19.7 Å². The van der Waals surface area contributed by atoms with Crippen LogP contribution in [0.2, 0.25) is 0 Å². The van der Waals surface area contributed by atoms with E-state index in [2.05, 4.69) is 100 Å². The van der Waals surface area contributed by atoms with Gasteiger partial charge in [0.15, 0.2) is 0 Å². The summed E-state index contributed by atoms with van der Waals surface area (Å²) in [5.41, 5.74) is 9.79. The molecule has 1 nitrogen and oxygen atoms in total. The second-order valence-corrected chi connectivity index (χ2v) is 16.1. The number of hydrogen-bond donors (Lipinski definition) is 0. The molecule has 0 fully saturated rings. The summed E-state index contributed by atoms with van der Waals surface area (Å²) in [4.78, 5) is 0. The molecule has 0 saturated heterocycles. The number of rotatable bonds is 2. The molecule has 0 amide bonds. The monoisotopic (exact) mass is 603 g/mol. The number of hydrogen-bond acceptors (Lipinski definition) is 1. The molecule has 0 saturated carbocycles. The minimum atomic E-state index is -2.34. The first-order valence-electron chi connectivity index (χ1n) is 9.84. The first-order chi connectivity index (χ1) is 14.1. The maximum atomic E-state index is 6.35. The smallest absolute Gasteiger partial charge is 1.00 e. The van der Waals surface area contributed by atoms with E-state index in [1.54, 1.807) is 0 Å². The largest absolute Gasteiger partial charge is 1.00 e. The number of benzene rings is 3. The molecule has 6 heteroatoms. The molecule has 2 aliphatic carbocycles. The molecule has 2 aliphatic rings. The molecule has 0 radical (unpaired) electrons. The Morgan fingerprint density at radius 2 is 1.84 bits per heavy atom. The summed E-state index contributed by atoms with van der Waals surface area (Å²) >= 11 is 1.29. The second kappa shape index (κ2) is 8.80. The first kappa shape index (κ1) is 23.3. The van der Waals surface area contributed by atoms with Gasteiger partial charge in [-0.3, -0.25) is 0 Å². The maximum Gasteiger partial charge on any atom is -1.00 e. The van der Waals surface area contributed by atoms with Crippen molar-refractivity contribution in [3.63, 3.8) is 0 Å². The van der Waals surface area contributed by atoms with Gasteiger partial charge in [-0.15, -0.1) is 0 Å². The minimum absolute atomic E-state index is 0. The van der Waals surface area contributed by atoms with Crippen LogP contribution >= 0.6 is 24.8 Å². The van der Waals surface area contributed by atoms with Crippen molar-refractivity contribution in [2.24, 2.45) is 7.05 Å². The number of aryl methyl sites for hydroxylation is 1. The van der Waals surface area contributed by atoms with Crippen LogP contribution in [-0.2, 0) is 33.2 Å². The van der Waals surface area contributed by atoms with Gasteiger partial charge in [0.05, 0.1) is 0 Å². The standard InChI is InChI=1S/C16H11BrN.C9H7.2ClH.S.Zr/c1-18-15-5-3-2-4-13(15)14-9-10-8-11(17)6-7-12(10)16(14)18;1-2-5-9-7-3-6-8(9)4-1;;;;/h2-4,6-8H,9H2,1H3;1-7H;2*1H;;/q;;;;;+2/p-2. The van der Waals surface area contributed by atoms with E-state index in [9.17, 15) is 0 Å². The SMILES string of the molecule is Cn1c2c(c3ccc[c]([Zr+2](=[S])[CH]4C=Cc5ccccc54)c31)Cc1cc(Br)ccc1-2.[Cl-].[Cl-]. The third kappa shape index (κ3) is 3.50. The van der Waals surface area contributed by atoms with Gasteiger partial charge in [-0.05, 0) is 0 Å². The molecule has 6 rings (SSSR count). The summed E-state index contributed by atoms with van der Waals surface area (Å²) in [6, 6.07) is 22.3. The summed E-state index contributed by atoms with van der Waals surface area (Å²) < 4.78 is 5.49. The zero-order valence-corrected chi connectivity index (χ0v) is 23.1. The topological polar surface area (TPSA) is 4.93 Å². The third-order valence-corrected chi connectivity index (χ3v) is 14.6. The van der Waals surface area contributed by atoms with Gasteiger partial charge in [0.1, 0.15) is 0 Å². The molecule has 0 aliphatic heterocycles. The first-order valence-corrected chi connectivity index (χ1v) is 16.7. The van der Waals surface area contributed by atoms with Gasteiger partial charge < -0.3 is 24.8 Å². The minimum Gasteiger partial charge on any atom is -1.00 e. The number of para-hydroxylation sites is 1. The van der Waals surface area contributed by atoms with E-state index in [4.69, 9.17) is 8.86 Å². The molecule has 1 aromatic heterocycles. The zero-order chi connectivity index (χ0) is 19.7. The van der Waals surface area contributed by atoms with Gasteiger partial charge in [-0.25, -0.2) is 0 Å². The molecule has 1 unspecified atom stereocenters. The average Bonchev–Trinajstić information content (AvgIpc) is 3.40. The second-order valence-electron chi connectivity index (χ2n) is 7.90. The van der Waals surface area contributed by atoms with Crippen LogP contribution in [-0.4, -0.2) is 4.57 Å². The molecule has 0 N–H and O–H groups in total. The predicted octanol–water partition coefficient (Wildman–Crippen LogP) is 0.644. The summed E-state index contributed by atoms with van der Waals surface area (Å²) in [5, 5.41) is 1.39. The van der Waals surface area contributed by atoms with Gasteiger partial charge in [0, 0.05) is 0 Å². The number of fused-ring (bicyclic) bond motifs is 6. The molecule has 154 valence electrons. The molecule has 4 aromatic rings. The van der Waals surface area contributed by atoms with Crippen molar-refractivity contribution in [1.29, 1.82) is 0 Å². The number of nitrogens with zero attached hydrogens (tertiary/aromatic N) is 1. The number of aromatic nitrogens is 1. The molecule has 1 atom stereocenters. The molecule has 3 aromatic carbocycles.